The fourth-order valence-corrected chi connectivity index (χ4v) is 5.74. The minimum atomic E-state index is -4.88. The smallest absolute Gasteiger partial charge is 0.444 e. The predicted molar refractivity (Wildman–Crippen MR) is 155 cm³/mol. The molecule has 0 fully saturated rings. The molecule has 4 N–H and O–H groups in total. The van der Waals surface area contributed by atoms with Gasteiger partial charge < -0.3 is 24.6 Å². The molecule has 0 heterocycles. The molecule has 236 valence electrons. The SMILES string of the molecule is CC(C)CN([C@@H](CCCCNC(=O)OC(C)(C)C)COP(=O)(O)O)S(=O)(=O)c1ccc(NC(=O)OC(C)(C)C)cc1. The van der Waals surface area contributed by atoms with Crippen LogP contribution in [-0.4, -0.2) is 71.6 Å². The first-order valence-corrected chi connectivity index (χ1v) is 16.3. The van der Waals surface area contributed by atoms with Crippen LogP contribution in [0.25, 0.3) is 0 Å². The van der Waals surface area contributed by atoms with E-state index in [4.69, 9.17) is 14.0 Å². The van der Waals surface area contributed by atoms with Crippen molar-refractivity contribution in [2.24, 2.45) is 5.92 Å². The highest BCUT2D eigenvalue weighted by atomic mass is 32.2. The monoisotopic (exact) mass is 623 g/mol. The molecule has 1 aromatic rings. The van der Waals surface area contributed by atoms with E-state index in [9.17, 15) is 32.4 Å². The van der Waals surface area contributed by atoms with Crippen molar-refractivity contribution in [3.63, 3.8) is 0 Å². The predicted octanol–water partition coefficient (Wildman–Crippen LogP) is 4.85. The third-order valence-electron chi connectivity index (χ3n) is 5.13. The lowest BCUT2D eigenvalue weighted by Gasteiger charge is -2.32. The van der Waals surface area contributed by atoms with Crippen molar-refractivity contribution in [3.8, 4) is 0 Å². The Bertz CT molecular complexity index is 1140. The third kappa shape index (κ3) is 15.5. The van der Waals surface area contributed by atoms with Gasteiger partial charge in [0.05, 0.1) is 11.5 Å². The second-order valence-corrected chi connectivity index (χ2v) is 15.1. The molecular formula is C26H46N3O10PS. The maximum Gasteiger partial charge on any atom is 0.469 e. The average Bonchev–Trinajstić information content (AvgIpc) is 2.76. The topological polar surface area (TPSA) is 181 Å². The van der Waals surface area contributed by atoms with Gasteiger partial charge in [0.15, 0.2) is 0 Å². The number of anilines is 1. The summed E-state index contributed by atoms with van der Waals surface area (Å²) in [5.74, 6) is -0.121. The molecule has 0 radical (unpaired) electrons. The van der Waals surface area contributed by atoms with Crippen LogP contribution in [0, 0.1) is 5.92 Å². The number of nitrogens with one attached hydrogen (secondary N) is 2. The van der Waals surface area contributed by atoms with Crippen LogP contribution in [0.5, 0.6) is 0 Å². The zero-order valence-electron chi connectivity index (χ0n) is 25.2. The minimum Gasteiger partial charge on any atom is -0.444 e. The van der Waals surface area contributed by atoms with Crippen molar-refractivity contribution >= 4 is 35.7 Å². The Labute approximate surface area is 243 Å². The van der Waals surface area contributed by atoms with Crippen molar-refractivity contribution < 1.29 is 46.4 Å². The number of rotatable bonds is 14. The normalized spacial score (nSPS) is 13.7. The van der Waals surface area contributed by atoms with E-state index in [2.05, 4.69) is 10.6 Å². The summed E-state index contributed by atoms with van der Waals surface area (Å²) in [6.45, 7) is 13.8. The highest BCUT2D eigenvalue weighted by Gasteiger charge is 2.33. The summed E-state index contributed by atoms with van der Waals surface area (Å²) < 4.78 is 55.3. The summed E-state index contributed by atoms with van der Waals surface area (Å²) in [4.78, 5) is 42.5. The average molecular weight is 624 g/mol. The molecule has 1 atom stereocenters. The van der Waals surface area contributed by atoms with Gasteiger partial charge in [-0.2, -0.15) is 4.31 Å². The van der Waals surface area contributed by atoms with E-state index in [1.165, 1.54) is 28.6 Å². The Kier molecular flexibility index (Phi) is 13.7. The van der Waals surface area contributed by atoms with Gasteiger partial charge in [-0.05, 0) is 84.6 Å². The van der Waals surface area contributed by atoms with Crippen LogP contribution in [0.4, 0.5) is 15.3 Å². The molecule has 0 saturated heterocycles. The molecule has 0 aliphatic carbocycles. The summed E-state index contributed by atoms with van der Waals surface area (Å²) in [7, 11) is -9.03. The number of unbranched alkanes of at least 4 members (excludes halogenated alkanes) is 1. The van der Waals surface area contributed by atoms with Crippen LogP contribution in [0.15, 0.2) is 29.2 Å². The molecule has 15 heteroatoms. The molecule has 1 rings (SSSR count). The second-order valence-electron chi connectivity index (χ2n) is 12.0. The first-order valence-electron chi connectivity index (χ1n) is 13.4. The molecule has 1 aromatic carbocycles. The summed E-state index contributed by atoms with van der Waals surface area (Å²) in [5, 5.41) is 5.17. The van der Waals surface area contributed by atoms with Crippen LogP contribution in [0.1, 0.15) is 74.7 Å². The Balaban J connectivity index is 3.10. The molecule has 0 bridgehead atoms. The molecule has 0 saturated carbocycles. The lowest BCUT2D eigenvalue weighted by Crippen LogP contribution is -2.44. The largest absolute Gasteiger partial charge is 0.469 e. The van der Waals surface area contributed by atoms with E-state index in [1.807, 2.05) is 13.8 Å². The molecule has 0 unspecified atom stereocenters. The molecular weight excluding hydrogens is 577 g/mol. The van der Waals surface area contributed by atoms with Gasteiger partial charge in [-0.25, -0.2) is 22.6 Å². The van der Waals surface area contributed by atoms with E-state index in [0.29, 0.717) is 18.5 Å². The van der Waals surface area contributed by atoms with E-state index >= 15 is 0 Å². The van der Waals surface area contributed by atoms with Gasteiger partial charge in [0.2, 0.25) is 10.0 Å². The Morgan fingerprint density at radius 1 is 0.951 bits per heavy atom. The molecule has 0 aliphatic heterocycles. The number of nitrogens with zero attached hydrogens (tertiary/aromatic N) is 1. The molecule has 0 spiro atoms. The van der Waals surface area contributed by atoms with Gasteiger partial charge in [0.25, 0.3) is 0 Å². The van der Waals surface area contributed by atoms with Crippen molar-refractivity contribution in [2.45, 2.75) is 96.8 Å². The Morgan fingerprint density at radius 2 is 1.49 bits per heavy atom. The minimum absolute atomic E-state index is 0.0611. The number of amides is 2. The number of benzene rings is 1. The molecule has 0 aromatic heterocycles. The second kappa shape index (κ2) is 15.3. The maximum absolute atomic E-state index is 13.8. The summed E-state index contributed by atoms with van der Waals surface area (Å²) in [5.41, 5.74) is -1.03. The summed E-state index contributed by atoms with van der Waals surface area (Å²) in [6, 6.07) is 4.61. The Hall–Kier alpha value is -2.22. The van der Waals surface area contributed by atoms with Crippen molar-refractivity contribution in [2.75, 3.05) is 25.0 Å². The van der Waals surface area contributed by atoms with Crippen LogP contribution >= 0.6 is 7.82 Å². The van der Waals surface area contributed by atoms with Gasteiger partial charge in [-0.1, -0.05) is 20.3 Å². The number of hydrogen-bond acceptors (Lipinski definition) is 8. The van der Waals surface area contributed by atoms with Crippen LogP contribution in [-0.2, 0) is 28.6 Å². The number of carbonyl (C=O) groups excluding carboxylic acids is 2. The van der Waals surface area contributed by atoms with Crippen molar-refractivity contribution in [3.05, 3.63) is 24.3 Å². The van der Waals surface area contributed by atoms with Gasteiger partial charge in [0.1, 0.15) is 11.2 Å². The first kappa shape index (κ1) is 36.8. The highest BCUT2D eigenvalue weighted by Crippen LogP contribution is 2.37. The standard InChI is InChI=1S/C26H46N3O10PS/c1-19(2)17-29(41(35,36)22-14-12-20(13-15-22)28-24(31)39-26(6,7)8)21(18-37-40(32,33)34)11-9-10-16-27-23(30)38-25(3,4)5/h12-15,19,21H,9-11,16-18H2,1-8H3,(H,27,30)(H,28,31)(H2,32,33,34)/t21-/m0/s1. The third-order valence-corrected chi connectivity index (χ3v) is 7.54. The maximum atomic E-state index is 13.8. The van der Waals surface area contributed by atoms with E-state index in [-0.39, 0.29) is 30.3 Å². The van der Waals surface area contributed by atoms with Crippen molar-refractivity contribution in [1.82, 2.24) is 9.62 Å². The van der Waals surface area contributed by atoms with Crippen LogP contribution < -0.4 is 10.6 Å². The lowest BCUT2D eigenvalue weighted by molar-refractivity contribution is 0.0525. The van der Waals surface area contributed by atoms with E-state index < -0.39 is 53.9 Å². The summed E-state index contributed by atoms with van der Waals surface area (Å²) >= 11 is 0. The Morgan fingerprint density at radius 3 is 1.98 bits per heavy atom. The zero-order chi connectivity index (χ0) is 31.6. The number of carbonyl (C=O) groups is 2. The lowest BCUT2D eigenvalue weighted by atomic mass is 10.1. The fourth-order valence-electron chi connectivity index (χ4n) is 3.57. The number of alkyl carbamates (subject to hydrolysis) is 1. The molecule has 0 aliphatic rings. The summed E-state index contributed by atoms with van der Waals surface area (Å²) in [6.07, 6.45) is -0.168. The highest BCUT2D eigenvalue weighted by molar-refractivity contribution is 7.89. The van der Waals surface area contributed by atoms with E-state index in [0.717, 1.165) is 0 Å². The molecule has 41 heavy (non-hydrogen) atoms. The fraction of sp³-hybridized carbons (Fsp3) is 0.692. The number of sulfonamides is 1. The first-order chi connectivity index (χ1) is 18.6. The van der Waals surface area contributed by atoms with Gasteiger partial charge >= 0.3 is 20.0 Å². The number of phosphoric ester groups is 1. The van der Waals surface area contributed by atoms with Crippen LogP contribution in [0.2, 0.25) is 0 Å². The van der Waals surface area contributed by atoms with E-state index in [1.54, 1.807) is 41.5 Å². The van der Waals surface area contributed by atoms with Gasteiger partial charge in [-0.3, -0.25) is 9.84 Å². The number of phosphoric acid groups is 1. The molecule has 13 nitrogen and oxygen atoms in total. The number of ether oxygens (including phenoxy) is 2. The quantitative estimate of drug-likeness (QED) is 0.165. The molecule has 2 amide bonds. The van der Waals surface area contributed by atoms with Gasteiger partial charge in [0, 0.05) is 24.8 Å². The van der Waals surface area contributed by atoms with Crippen molar-refractivity contribution in [1.29, 1.82) is 0 Å². The van der Waals surface area contributed by atoms with Crippen LogP contribution in [0.3, 0.4) is 0 Å². The zero-order valence-corrected chi connectivity index (χ0v) is 26.9. The van der Waals surface area contributed by atoms with Gasteiger partial charge in [-0.15, -0.1) is 0 Å². The number of hydrogen-bond donors (Lipinski definition) is 4.